The first-order valence-electron chi connectivity index (χ1n) is 5.45. The van der Waals surface area contributed by atoms with E-state index in [-0.39, 0.29) is 17.2 Å². The van der Waals surface area contributed by atoms with Crippen LogP contribution < -0.4 is 11.1 Å². The first kappa shape index (κ1) is 13.2. The number of anilines is 1. The Labute approximate surface area is 99.6 Å². The van der Waals surface area contributed by atoms with E-state index in [4.69, 9.17) is 10.8 Å². The van der Waals surface area contributed by atoms with Gasteiger partial charge in [-0.3, -0.25) is 4.79 Å². The van der Waals surface area contributed by atoms with Crippen LogP contribution in [0.3, 0.4) is 0 Å². The average molecular weight is 236 g/mol. The predicted molar refractivity (Wildman–Crippen MR) is 64.9 cm³/mol. The van der Waals surface area contributed by atoms with Crippen molar-refractivity contribution >= 4 is 17.6 Å². The molecule has 0 heterocycles. The summed E-state index contributed by atoms with van der Waals surface area (Å²) in [5.74, 6) is -1.44. The molecule has 0 aliphatic carbocycles. The van der Waals surface area contributed by atoms with Crippen molar-refractivity contribution in [3.8, 4) is 0 Å². The van der Waals surface area contributed by atoms with E-state index in [1.807, 2.05) is 6.92 Å². The number of carbonyl (C=O) groups is 2. The summed E-state index contributed by atoms with van der Waals surface area (Å²) < 4.78 is 0. The molecule has 0 saturated carbocycles. The molecule has 1 aromatic carbocycles. The standard InChI is InChI=1S/C12H16N2O3/c1-2-5-9(13)11(15)14-10-7-4-3-6-8(10)12(16)17/h3-4,6-7,9H,2,5,13H2,1H3,(H,14,15)(H,16,17)/t9-/m1/s1. The maximum absolute atomic E-state index is 11.6. The van der Waals surface area contributed by atoms with Gasteiger partial charge in [-0.2, -0.15) is 0 Å². The molecular weight excluding hydrogens is 220 g/mol. The molecule has 1 amide bonds. The summed E-state index contributed by atoms with van der Waals surface area (Å²) in [5.41, 5.74) is 5.98. The van der Waals surface area contributed by atoms with Crippen LogP contribution in [0.4, 0.5) is 5.69 Å². The molecule has 5 nitrogen and oxygen atoms in total. The fraction of sp³-hybridized carbons (Fsp3) is 0.333. The van der Waals surface area contributed by atoms with Gasteiger partial charge in [0.1, 0.15) is 0 Å². The van der Waals surface area contributed by atoms with Gasteiger partial charge in [-0.25, -0.2) is 4.79 Å². The monoisotopic (exact) mass is 236 g/mol. The second-order valence-electron chi connectivity index (χ2n) is 3.74. The lowest BCUT2D eigenvalue weighted by Gasteiger charge is -2.12. The number of benzene rings is 1. The molecule has 0 unspecified atom stereocenters. The highest BCUT2D eigenvalue weighted by Crippen LogP contribution is 2.15. The number of nitrogens with two attached hydrogens (primary N) is 1. The van der Waals surface area contributed by atoms with E-state index in [0.717, 1.165) is 6.42 Å². The molecule has 0 fully saturated rings. The van der Waals surface area contributed by atoms with E-state index in [1.165, 1.54) is 6.07 Å². The van der Waals surface area contributed by atoms with Crippen LogP contribution in [0.2, 0.25) is 0 Å². The van der Waals surface area contributed by atoms with E-state index in [0.29, 0.717) is 6.42 Å². The molecule has 4 N–H and O–H groups in total. The van der Waals surface area contributed by atoms with Crippen LogP contribution >= 0.6 is 0 Å². The summed E-state index contributed by atoms with van der Waals surface area (Å²) >= 11 is 0. The van der Waals surface area contributed by atoms with Gasteiger partial charge in [0.2, 0.25) is 5.91 Å². The molecule has 0 aliphatic rings. The van der Waals surface area contributed by atoms with Crippen molar-refractivity contribution in [1.82, 2.24) is 0 Å². The largest absolute Gasteiger partial charge is 0.478 e. The first-order valence-corrected chi connectivity index (χ1v) is 5.45. The van der Waals surface area contributed by atoms with Crippen molar-refractivity contribution in [3.05, 3.63) is 29.8 Å². The highest BCUT2D eigenvalue weighted by atomic mass is 16.4. The number of para-hydroxylation sites is 1. The fourth-order valence-electron chi connectivity index (χ4n) is 1.45. The molecule has 1 atom stereocenters. The van der Waals surface area contributed by atoms with Crippen molar-refractivity contribution in [1.29, 1.82) is 0 Å². The molecule has 0 bridgehead atoms. The molecule has 17 heavy (non-hydrogen) atoms. The Hall–Kier alpha value is -1.88. The van der Waals surface area contributed by atoms with Gasteiger partial charge in [0.05, 0.1) is 17.3 Å². The molecule has 5 heteroatoms. The van der Waals surface area contributed by atoms with Crippen molar-refractivity contribution < 1.29 is 14.7 Å². The number of carboxylic acid groups (broad SMARTS) is 1. The van der Waals surface area contributed by atoms with Gasteiger partial charge in [0.15, 0.2) is 0 Å². The average Bonchev–Trinajstić information content (AvgIpc) is 2.29. The Morgan fingerprint density at radius 3 is 2.65 bits per heavy atom. The molecule has 0 aliphatic heterocycles. The quantitative estimate of drug-likeness (QED) is 0.721. The number of nitrogens with one attached hydrogen (secondary N) is 1. The SMILES string of the molecule is CCC[C@@H](N)C(=O)Nc1ccccc1C(=O)O. The van der Waals surface area contributed by atoms with Gasteiger partial charge in [0.25, 0.3) is 0 Å². The molecule has 92 valence electrons. The second-order valence-corrected chi connectivity index (χ2v) is 3.74. The van der Waals surface area contributed by atoms with Crippen LogP contribution in [0.25, 0.3) is 0 Å². The fourth-order valence-corrected chi connectivity index (χ4v) is 1.45. The van der Waals surface area contributed by atoms with Crippen molar-refractivity contribution in [2.45, 2.75) is 25.8 Å². The number of amides is 1. The van der Waals surface area contributed by atoms with Gasteiger partial charge in [-0.1, -0.05) is 25.5 Å². The van der Waals surface area contributed by atoms with Crippen LogP contribution in [0.5, 0.6) is 0 Å². The maximum atomic E-state index is 11.6. The maximum Gasteiger partial charge on any atom is 0.337 e. The predicted octanol–water partition coefficient (Wildman–Crippen LogP) is 1.45. The smallest absolute Gasteiger partial charge is 0.337 e. The number of rotatable bonds is 5. The lowest BCUT2D eigenvalue weighted by molar-refractivity contribution is -0.117. The summed E-state index contributed by atoms with van der Waals surface area (Å²) in [4.78, 5) is 22.6. The Balaban J connectivity index is 2.81. The van der Waals surface area contributed by atoms with E-state index < -0.39 is 12.0 Å². The zero-order chi connectivity index (χ0) is 12.8. The second kappa shape index (κ2) is 6.00. The lowest BCUT2D eigenvalue weighted by Crippen LogP contribution is -2.35. The van der Waals surface area contributed by atoms with Gasteiger partial charge >= 0.3 is 5.97 Å². The minimum Gasteiger partial charge on any atom is -0.478 e. The third kappa shape index (κ3) is 3.57. The summed E-state index contributed by atoms with van der Waals surface area (Å²) in [6, 6.07) is 5.63. The zero-order valence-electron chi connectivity index (χ0n) is 9.64. The zero-order valence-corrected chi connectivity index (χ0v) is 9.64. The minimum atomic E-state index is -1.08. The summed E-state index contributed by atoms with van der Waals surface area (Å²) in [6.45, 7) is 1.93. The minimum absolute atomic E-state index is 0.0598. The number of hydrogen-bond acceptors (Lipinski definition) is 3. The third-order valence-corrected chi connectivity index (χ3v) is 2.35. The lowest BCUT2D eigenvalue weighted by atomic mass is 10.1. The molecular formula is C12H16N2O3. The van der Waals surface area contributed by atoms with E-state index in [1.54, 1.807) is 18.2 Å². The van der Waals surface area contributed by atoms with Crippen molar-refractivity contribution in [2.24, 2.45) is 5.73 Å². The Kier molecular flexibility index (Phi) is 4.66. The van der Waals surface area contributed by atoms with Gasteiger partial charge in [0, 0.05) is 0 Å². The molecule has 0 saturated heterocycles. The molecule has 0 spiro atoms. The van der Waals surface area contributed by atoms with Crippen LogP contribution in [0.15, 0.2) is 24.3 Å². The van der Waals surface area contributed by atoms with Crippen LogP contribution in [0, 0.1) is 0 Å². The summed E-state index contributed by atoms with van der Waals surface area (Å²) in [5, 5.41) is 11.5. The van der Waals surface area contributed by atoms with Gasteiger partial charge in [-0.05, 0) is 18.6 Å². The van der Waals surface area contributed by atoms with E-state index >= 15 is 0 Å². The summed E-state index contributed by atoms with van der Waals surface area (Å²) in [7, 11) is 0. The number of carbonyl (C=O) groups excluding carboxylic acids is 1. The molecule has 0 aromatic heterocycles. The highest BCUT2D eigenvalue weighted by molar-refractivity contribution is 6.02. The highest BCUT2D eigenvalue weighted by Gasteiger charge is 2.15. The summed E-state index contributed by atoms with van der Waals surface area (Å²) in [6.07, 6.45) is 1.37. The first-order chi connectivity index (χ1) is 8.06. The Bertz CT molecular complexity index is 418. The number of aromatic carboxylic acids is 1. The number of carboxylic acids is 1. The normalized spacial score (nSPS) is 11.9. The number of hydrogen-bond donors (Lipinski definition) is 3. The molecule has 1 aromatic rings. The van der Waals surface area contributed by atoms with Gasteiger partial charge in [-0.15, -0.1) is 0 Å². The van der Waals surface area contributed by atoms with E-state index in [9.17, 15) is 9.59 Å². The van der Waals surface area contributed by atoms with Crippen molar-refractivity contribution in [3.63, 3.8) is 0 Å². The Morgan fingerprint density at radius 2 is 2.06 bits per heavy atom. The van der Waals surface area contributed by atoms with Crippen LogP contribution in [0.1, 0.15) is 30.1 Å². The van der Waals surface area contributed by atoms with Crippen molar-refractivity contribution in [2.75, 3.05) is 5.32 Å². The van der Waals surface area contributed by atoms with Crippen LogP contribution in [-0.4, -0.2) is 23.0 Å². The topological polar surface area (TPSA) is 92.4 Å². The Morgan fingerprint density at radius 1 is 1.41 bits per heavy atom. The van der Waals surface area contributed by atoms with E-state index in [2.05, 4.69) is 5.32 Å². The van der Waals surface area contributed by atoms with Gasteiger partial charge < -0.3 is 16.2 Å². The third-order valence-electron chi connectivity index (χ3n) is 2.35. The molecule has 0 radical (unpaired) electrons. The van der Waals surface area contributed by atoms with Crippen LogP contribution in [-0.2, 0) is 4.79 Å². The molecule has 1 rings (SSSR count).